The second kappa shape index (κ2) is 9.07. The van der Waals surface area contributed by atoms with Crippen molar-refractivity contribution >= 4 is 17.2 Å². The predicted molar refractivity (Wildman–Crippen MR) is 108 cm³/mol. The Morgan fingerprint density at radius 2 is 1.89 bits per heavy atom. The van der Waals surface area contributed by atoms with Crippen molar-refractivity contribution in [2.24, 2.45) is 0 Å². The van der Waals surface area contributed by atoms with Crippen LogP contribution in [0.4, 0.5) is 0 Å². The highest BCUT2D eigenvalue weighted by Gasteiger charge is 2.29. The van der Waals surface area contributed by atoms with Gasteiger partial charge in [-0.25, -0.2) is 4.68 Å². The van der Waals surface area contributed by atoms with Crippen LogP contribution in [-0.2, 0) is 17.6 Å². The minimum atomic E-state index is -0.407. The fourth-order valence-electron chi connectivity index (χ4n) is 3.57. The van der Waals surface area contributed by atoms with Gasteiger partial charge in [-0.3, -0.25) is 9.69 Å². The molecule has 3 heterocycles. The Labute approximate surface area is 168 Å². The topological polar surface area (TPSA) is 67.2 Å². The Morgan fingerprint density at radius 3 is 2.57 bits per heavy atom. The van der Waals surface area contributed by atoms with Gasteiger partial charge in [0.05, 0.1) is 0 Å². The zero-order chi connectivity index (χ0) is 19.2. The monoisotopic (exact) mass is 396 g/mol. The largest absolute Gasteiger partial charge is 0.338 e. The first-order chi connectivity index (χ1) is 13.8. The number of hydrogen-bond acceptors (Lipinski definition) is 6. The van der Waals surface area contributed by atoms with Gasteiger partial charge in [0.2, 0.25) is 5.91 Å². The number of amides is 1. The number of aromatic nitrogens is 4. The molecule has 0 spiro atoms. The predicted octanol–water partition coefficient (Wildman–Crippen LogP) is 1.91. The van der Waals surface area contributed by atoms with Gasteiger partial charge >= 0.3 is 0 Å². The lowest BCUT2D eigenvalue weighted by molar-refractivity contribution is -0.136. The van der Waals surface area contributed by atoms with Crippen molar-refractivity contribution in [2.45, 2.75) is 18.9 Å². The number of rotatable bonds is 7. The third kappa shape index (κ3) is 4.63. The molecule has 3 aromatic rings. The summed E-state index contributed by atoms with van der Waals surface area (Å²) in [6.07, 6.45) is 3.19. The molecule has 0 saturated carbocycles. The van der Waals surface area contributed by atoms with Gasteiger partial charge in [-0.2, -0.15) is 0 Å². The summed E-state index contributed by atoms with van der Waals surface area (Å²) in [6.45, 7) is 4.35. The van der Waals surface area contributed by atoms with Crippen LogP contribution < -0.4 is 0 Å². The molecule has 4 rings (SSSR count). The smallest absolute Gasteiger partial charge is 0.248 e. The number of hydrogen-bond donors (Lipinski definition) is 0. The lowest BCUT2D eigenvalue weighted by Crippen LogP contribution is -2.51. The molecule has 1 unspecified atom stereocenters. The lowest BCUT2D eigenvalue weighted by Gasteiger charge is -2.36. The van der Waals surface area contributed by atoms with Gasteiger partial charge in [-0.05, 0) is 33.9 Å². The highest BCUT2D eigenvalue weighted by Crippen LogP contribution is 2.18. The van der Waals surface area contributed by atoms with Gasteiger partial charge in [0.1, 0.15) is 12.4 Å². The van der Waals surface area contributed by atoms with E-state index in [0.29, 0.717) is 6.42 Å². The molecule has 1 aliphatic heterocycles. The van der Waals surface area contributed by atoms with E-state index in [9.17, 15) is 4.79 Å². The summed E-state index contributed by atoms with van der Waals surface area (Å²) in [5.74, 6) is 0.0917. The minimum Gasteiger partial charge on any atom is -0.338 e. The first kappa shape index (κ1) is 18.8. The molecule has 7 nitrogen and oxygen atoms in total. The molecule has 1 aliphatic rings. The van der Waals surface area contributed by atoms with Gasteiger partial charge in [0.25, 0.3) is 0 Å². The van der Waals surface area contributed by atoms with Gasteiger partial charge < -0.3 is 4.90 Å². The Balaban J connectivity index is 1.36. The first-order valence-electron chi connectivity index (χ1n) is 9.59. The maximum absolute atomic E-state index is 13.2. The lowest BCUT2D eigenvalue weighted by atomic mass is 10.0. The summed E-state index contributed by atoms with van der Waals surface area (Å²) in [5.41, 5.74) is 1.10. The number of piperazine rings is 1. The zero-order valence-electron chi connectivity index (χ0n) is 15.7. The van der Waals surface area contributed by atoms with Gasteiger partial charge in [-0.15, -0.1) is 16.4 Å². The quantitative estimate of drug-likeness (QED) is 0.610. The molecule has 0 radical (unpaired) electrons. The van der Waals surface area contributed by atoms with Crippen molar-refractivity contribution in [2.75, 3.05) is 32.7 Å². The van der Waals surface area contributed by atoms with E-state index in [-0.39, 0.29) is 5.91 Å². The number of nitrogens with zero attached hydrogens (tertiary/aromatic N) is 6. The van der Waals surface area contributed by atoms with Crippen molar-refractivity contribution < 1.29 is 4.79 Å². The van der Waals surface area contributed by atoms with Crippen LogP contribution in [0.15, 0.2) is 54.2 Å². The number of tetrazole rings is 1. The Hall–Kier alpha value is -2.58. The van der Waals surface area contributed by atoms with Crippen LogP contribution in [0.1, 0.15) is 16.5 Å². The second-order valence-corrected chi connectivity index (χ2v) is 8.02. The molecule has 0 bridgehead atoms. The van der Waals surface area contributed by atoms with Crippen molar-refractivity contribution in [1.29, 1.82) is 0 Å². The van der Waals surface area contributed by atoms with Gasteiger partial charge in [0.15, 0.2) is 0 Å². The third-order valence-electron chi connectivity index (χ3n) is 5.18. The zero-order valence-corrected chi connectivity index (χ0v) is 16.5. The molecule has 0 aliphatic carbocycles. The highest BCUT2D eigenvalue weighted by atomic mass is 32.1. The number of thiophene rings is 1. The summed E-state index contributed by atoms with van der Waals surface area (Å²) >= 11 is 1.81. The summed E-state index contributed by atoms with van der Waals surface area (Å²) in [6, 6.07) is 13.9. The number of carbonyl (C=O) groups is 1. The molecule has 1 amide bonds. The highest BCUT2D eigenvalue weighted by molar-refractivity contribution is 7.09. The Morgan fingerprint density at radius 1 is 1.07 bits per heavy atom. The Kier molecular flexibility index (Phi) is 6.08. The molecule has 146 valence electrons. The summed E-state index contributed by atoms with van der Waals surface area (Å²) in [5, 5.41) is 13.6. The maximum atomic E-state index is 13.2. The van der Waals surface area contributed by atoms with Crippen molar-refractivity contribution in [3.63, 3.8) is 0 Å². The molecular weight excluding hydrogens is 372 g/mol. The maximum Gasteiger partial charge on any atom is 0.248 e. The second-order valence-electron chi connectivity index (χ2n) is 6.99. The molecule has 1 fully saturated rings. The summed E-state index contributed by atoms with van der Waals surface area (Å²) in [7, 11) is 0. The molecule has 28 heavy (non-hydrogen) atoms. The molecule has 1 atom stereocenters. The van der Waals surface area contributed by atoms with Crippen molar-refractivity contribution in [3.8, 4) is 0 Å². The summed E-state index contributed by atoms with van der Waals surface area (Å²) < 4.78 is 1.58. The molecule has 8 heteroatoms. The van der Waals surface area contributed by atoms with E-state index in [1.165, 1.54) is 11.2 Å². The van der Waals surface area contributed by atoms with E-state index in [1.54, 1.807) is 4.68 Å². The fraction of sp³-hybridized carbons (Fsp3) is 0.400. The van der Waals surface area contributed by atoms with E-state index in [4.69, 9.17) is 0 Å². The van der Waals surface area contributed by atoms with E-state index in [2.05, 4.69) is 37.9 Å². The van der Waals surface area contributed by atoms with Crippen molar-refractivity contribution in [1.82, 2.24) is 30.0 Å². The van der Waals surface area contributed by atoms with E-state index in [0.717, 1.165) is 44.7 Å². The Bertz CT molecular complexity index is 844. The number of benzene rings is 1. The fourth-order valence-corrected chi connectivity index (χ4v) is 4.27. The van der Waals surface area contributed by atoms with Crippen molar-refractivity contribution in [3.05, 3.63) is 64.6 Å². The molecule has 0 N–H and O–H groups in total. The third-order valence-corrected chi connectivity index (χ3v) is 6.12. The van der Waals surface area contributed by atoms with E-state index < -0.39 is 6.04 Å². The average molecular weight is 397 g/mol. The van der Waals surface area contributed by atoms with Crippen LogP contribution in [0, 0.1) is 0 Å². The first-order valence-corrected chi connectivity index (χ1v) is 10.5. The van der Waals surface area contributed by atoms with Crippen LogP contribution in [0.5, 0.6) is 0 Å². The SMILES string of the molecule is O=C(C(Cc1ccccc1)n1cnnn1)N1CCN(CCc2cccs2)CC1. The van der Waals surface area contributed by atoms with Crippen LogP contribution >= 0.6 is 11.3 Å². The van der Waals surface area contributed by atoms with Crippen LogP contribution in [0.25, 0.3) is 0 Å². The normalized spacial score (nSPS) is 16.2. The van der Waals surface area contributed by atoms with E-state index in [1.807, 2.05) is 46.6 Å². The summed E-state index contributed by atoms with van der Waals surface area (Å²) in [4.78, 5) is 19.1. The number of carbonyl (C=O) groups excluding carboxylic acids is 1. The van der Waals surface area contributed by atoms with Crippen LogP contribution in [-0.4, -0.2) is 68.6 Å². The molecule has 1 aromatic carbocycles. The van der Waals surface area contributed by atoms with Crippen LogP contribution in [0.2, 0.25) is 0 Å². The molecular formula is C20H24N6OS. The van der Waals surface area contributed by atoms with Gasteiger partial charge in [-0.1, -0.05) is 36.4 Å². The molecule has 2 aromatic heterocycles. The standard InChI is InChI=1S/C20H24N6OS/c27-20(19(26-16-21-22-23-26)15-17-5-2-1-3-6-17)25-12-10-24(11-13-25)9-8-18-7-4-14-28-18/h1-7,14,16,19H,8-13,15H2. The van der Waals surface area contributed by atoms with Crippen LogP contribution in [0.3, 0.4) is 0 Å². The minimum absolute atomic E-state index is 0.0917. The molecule has 1 saturated heterocycles. The average Bonchev–Trinajstić information content (AvgIpc) is 3.45. The van der Waals surface area contributed by atoms with Gasteiger partial charge in [0, 0.05) is 44.0 Å². The van der Waals surface area contributed by atoms with E-state index >= 15 is 0 Å².